The molecule has 12 heteroatoms. The van der Waals surface area contributed by atoms with Crippen LogP contribution in [0.25, 0.3) is 0 Å². The Hall–Kier alpha value is -3.06. The van der Waals surface area contributed by atoms with Crippen LogP contribution in [0.5, 0.6) is 0 Å². The summed E-state index contributed by atoms with van der Waals surface area (Å²) in [5, 5.41) is 35.9. The fourth-order valence-electron chi connectivity index (χ4n) is 5.75. The van der Waals surface area contributed by atoms with Crippen molar-refractivity contribution in [3.05, 3.63) is 35.9 Å². The standard InChI is InChI=1S/C39H67N3O9/c1-7-8-9-10-11-12-13-14-15-16-20-23-32(27(4)35(44)28(5)38(47)48)51-39(49)31(25-50-24-30-21-18-17-19-22-30)41-37(46)34(29(6)43)42-36(45)33(40)26(2)3/h17-19,21-22,26-29,31-35,43-44H,7-16,20,23-25,40H2,1-6H3,(H,41,46)(H,42,45)(H,47,48)/t27-,28-,29-,31+,32-,33+,34+,35-/m1/s1. The van der Waals surface area contributed by atoms with Crippen LogP contribution in [0.2, 0.25) is 0 Å². The Kier molecular flexibility index (Phi) is 23.3. The molecule has 0 heterocycles. The van der Waals surface area contributed by atoms with Gasteiger partial charge in [-0.1, -0.05) is 122 Å². The fraction of sp³-hybridized carbons (Fsp3) is 0.744. The van der Waals surface area contributed by atoms with Crippen LogP contribution in [0.4, 0.5) is 0 Å². The van der Waals surface area contributed by atoms with E-state index >= 15 is 0 Å². The molecule has 2 amide bonds. The number of carbonyl (C=O) groups is 4. The Labute approximate surface area is 305 Å². The lowest BCUT2D eigenvalue weighted by molar-refractivity contribution is -0.162. The average Bonchev–Trinajstić information content (AvgIpc) is 3.10. The molecule has 0 unspecified atom stereocenters. The maximum Gasteiger partial charge on any atom is 0.331 e. The van der Waals surface area contributed by atoms with Gasteiger partial charge in [-0.2, -0.15) is 0 Å². The van der Waals surface area contributed by atoms with Crippen LogP contribution in [0.15, 0.2) is 30.3 Å². The smallest absolute Gasteiger partial charge is 0.331 e. The van der Waals surface area contributed by atoms with E-state index in [2.05, 4.69) is 17.6 Å². The molecule has 0 aliphatic rings. The van der Waals surface area contributed by atoms with Crippen molar-refractivity contribution in [2.45, 2.75) is 162 Å². The van der Waals surface area contributed by atoms with Crippen LogP contribution in [-0.4, -0.2) is 82.1 Å². The third-order valence-electron chi connectivity index (χ3n) is 9.47. The molecule has 8 atom stereocenters. The summed E-state index contributed by atoms with van der Waals surface area (Å²) in [6.45, 7) is 9.94. The lowest BCUT2D eigenvalue weighted by Crippen LogP contribution is -2.59. The second-order valence-corrected chi connectivity index (χ2v) is 14.3. The molecule has 292 valence electrons. The van der Waals surface area contributed by atoms with Gasteiger partial charge in [-0.3, -0.25) is 14.4 Å². The van der Waals surface area contributed by atoms with Crippen molar-refractivity contribution in [3.63, 3.8) is 0 Å². The number of benzene rings is 1. The van der Waals surface area contributed by atoms with Gasteiger partial charge in [-0.25, -0.2) is 4.79 Å². The van der Waals surface area contributed by atoms with Gasteiger partial charge in [0.1, 0.15) is 12.1 Å². The number of carbonyl (C=O) groups excluding carboxylic acids is 3. The zero-order chi connectivity index (χ0) is 38.3. The second-order valence-electron chi connectivity index (χ2n) is 14.3. The van der Waals surface area contributed by atoms with Crippen molar-refractivity contribution < 1.29 is 44.0 Å². The van der Waals surface area contributed by atoms with Crippen molar-refractivity contribution in [1.29, 1.82) is 0 Å². The Morgan fingerprint density at radius 2 is 1.33 bits per heavy atom. The van der Waals surface area contributed by atoms with Gasteiger partial charge in [0.15, 0.2) is 6.04 Å². The number of hydrogen-bond acceptors (Lipinski definition) is 9. The number of rotatable bonds is 28. The third kappa shape index (κ3) is 18.3. The van der Waals surface area contributed by atoms with Gasteiger partial charge < -0.3 is 41.2 Å². The van der Waals surface area contributed by atoms with E-state index in [1.807, 2.05) is 30.3 Å². The number of esters is 1. The Morgan fingerprint density at radius 3 is 1.84 bits per heavy atom. The van der Waals surface area contributed by atoms with Gasteiger partial charge in [-0.15, -0.1) is 0 Å². The molecule has 0 fully saturated rings. The van der Waals surface area contributed by atoms with Gasteiger partial charge in [0.2, 0.25) is 11.8 Å². The third-order valence-corrected chi connectivity index (χ3v) is 9.47. The topological polar surface area (TPSA) is 198 Å². The van der Waals surface area contributed by atoms with Crippen LogP contribution in [0.3, 0.4) is 0 Å². The zero-order valence-electron chi connectivity index (χ0n) is 31.9. The summed E-state index contributed by atoms with van der Waals surface area (Å²) < 4.78 is 11.8. The number of ether oxygens (including phenoxy) is 2. The number of aliphatic hydroxyl groups excluding tert-OH is 2. The molecule has 7 N–H and O–H groups in total. The van der Waals surface area contributed by atoms with Crippen molar-refractivity contribution in [3.8, 4) is 0 Å². The molecule has 1 rings (SSSR count). The Morgan fingerprint density at radius 1 is 0.784 bits per heavy atom. The maximum absolute atomic E-state index is 13.8. The lowest BCUT2D eigenvalue weighted by Gasteiger charge is -2.31. The zero-order valence-corrected chi connectivity index (χ0v) is 31.9. The van der Waals surface area contributed by atoms with E-state index in [1.54, 1.807) is 20.8 Å². The molecule has 0 saturated heterocycles. The van der Waals surface area contributed by atoms with E-state index in [1.165, 1.54) is 52.4 Å². The van der Waals surface area contributed by atoms with E-state index in [-0.39, 0.29) is 19.1 Å². The molecule has 12 nitrogen and oxygen atoms in total. The minimum atomic E-state index is -1.42. The minimum absolute atomic E-state index is 0.133. The van der Waals surface area contributed by atoms with Gasteiger partial charge in [0.05, 0.1) is 37.4 Å². The molecule has 0 aliphatic heterocycles. The number of carboxylic acids is 1. The number of nitrogens with two attached hydrogens (primary N) is 1. The van der Waals surface area contributed by atoms with Crippen LogP contribution in [-0.2, 0) is 35.3 Å². The summed E-state index contributed by atoms with van der Waals surface area (Å²) in [4.78, 5) is 51.6. The van der Waals surface area contributed by atoms with Crippen molar-refractivity contribution in [1.82, 2.24) is 10.6 Å². The van der Waals surface area contributed by atoms with Crippen LogP contribution >= 0.6 is 0 Å². The molecular formula is C39H67N3O9. The molecule has 0 saturated carbocycles. The first-order valence-electron chi connectivity index (χ1n) is 19.0. The molecule has 51 heavy (non-hydrogen) atoms. The Bertz CT molecular complexity index is 1130. The highest BCUT2D eigenvalue weighted by Gasteiger charge is 2.37. The summed E-state index contributed by atoms with van der Waals surface area (Å²) in [5.41, 5.74) is 6.78. The maximum atomic E-state index is 13.8. The fourth-order valence-corrected chi connectivity index (χ4v) is 5.75. The van der Waals surface area contributed by atoms with E-state index in [0.717, 1.165) is 31.2 Å². The highest BCUT2D eigenvalue weighted by Crippen LogP contribution is 2.24. The predicted octanol–water partition coefficient (Wildman–Crippen LogP) is 4.87. The molecular weight excluding hydrogens is 654 g/mol. The van der Waals surface area contributed by atoms with Crippen LogP contribution in [0, 0.1) is 17.8 Å². The summed E-state index contributed by atoms with van der Waals surface area (Å²) in [7, 11) is 0. The van der Waals surface area contributed by atoms with E-state index in [4.69, 9.17) is 15.2 Å². The monoisotopic (exact) mass is 721 g/mol. The first kappa shape index (κ1) is 46.0. The number of carboxylic acid groups (broad SMARTS) is 1. The molecule has 0 aliphatic carbocycles. The Balaban J connectivity index is 3.08. The number of aliphatic carboxylic acids is 1. The number of amides is 2. The molecule has 1 aromatic carbocycles. The number of unbranched alkanes of at least 4 members (excludes halogenated alkanes) is 10. The second kappa shape index (κ2) is 25.8. The first-order chi connectivity index (χ1) is 24.2. The van der Waals surface area contributed by atoms with Crippen LogP contribution < -0.4 is 16.4 Å². The SMILES string of the molecule is CCCCCCCCCCCCC[C@@H](OC(=O)[C@H](COCc1ccccc1)NC(=O)[C@@H](NC(=O)[C@@H](N)C(C)C)[C@@H](C)O)[C@@H](C)[C@@H](O)[C@@H](C)C(=O)O. The van der Waals surface area contributed by atoms with Gasteiger partial charge in [-0.05, 0) is 38.2 Å². The van der Waals surface area contributed by atoms with Crippen molar-refractivity contribution >= 4 is 23.8 Å². The number of hydrogen-bond donors (Lipinski definition) is 6. The highest BCUT2D eigenvalue weighted by atomic mass is 16.6. The lowest BCUT2D eigenvalue weighted by atomic mass is 9.87. The summed E-state index contributed by atoms with van der Waals surface area (Å²) in [6, 6.07) is 5.54. The quantitative estimate of drug-likeness (QED) is 0.0513. The normalized spacial score (nSPS) is 16.3. The van der Waals surface area contributed by atoms with E-state index < -0.39 is 72.0 Å². The average molecular weight is 722 g/mol. The number of aliphatic hydroxyl groups is 2. The molecule has 0 bridgehead atoms. The number of nitrogens with one attached hydrogen (secondary N) is 2. The van der Waals surface area contributed by atoms with Crippen LogP contribution in [0.1, 0.15) is 124 Å². The highest BCUT2D eigenvalue weighted by molar-refractivity contribution is 5.92. The minimum Gasteiger partial charge on any atom is -0.481 e. The van der Waals surface area contributed by atoms with Gasteiger partial charge in [0.25, 0.3) is 0 Å². The van der Waals surface area contributed by atoms with E-state index in [9.17, 15) is 34.5 Å². The summed E-state index contributed by atoms with van der Waals surface area (Å²) in [6.07, 6.45) is 9.31. The predicted molar refractivity (Wildman–Crippen MR) is 197 cm³/mol. The largest absolute Gasteiger partial charge is 0.481 e. The summed E-state index contributed by atoms with van der Waals surface area (Å²) >= 11 is 0. The first-order valence-corrected chi connectivity index (χ1v) is 19.0. The van der Waals surface area contributed by atoms with Crippen molar-refractivity contribution in [2.75, 3.05) is 6.61 Å². The van der Waals surface area contributed by atoms with E-state index in [0.29, 0.717) is 12.8 Å². The van der Waals surface area contributed by atoms with Gasteiger partial charge in [0, 0.05) is 5.92 Å². The molecule has 0 radical (unpaired) electrons. The molecule has 0 spiro atoms. The van der Waals surface area contributed by atoms with Gasteiger partial charge >= 0.3 is 11.9 Å². The molecule has 1 aromatic rings. The van der Waals surface area contributed by atoms with Crippen molar-refractivity contribution in [2.24, 2.45) is 23.5 Å². The molecule has 0 aromatic heterocycles. The summed E-state index contributed by atoms with van der Waals surface area (Å²) in [5.74, 6) is -5.54.